The predicted octanol–water partition coefficient (Wildman–Crippen LogP) is 2.47. The van der Waals surface area contributed by atoms with E-state index in [-0.39, 0.29) is 18.2 Å². The molecule has 0 bridgehead atoms. The van der Waals surface area contributed by atoms with E-state index in [2.05, 4.69) is 22.4 Å². The van der Waals surface area contributed by atoms with Gasteiger partial charge in [-0.15, -0.1) is 0 Å². The smallest absolute Gasteiger partial charge is 0.272 e. The lowest BCUT2D eigenvalue weighted by atomic mass is 10.0. The standard InChI is InChI=1S/C21H28N4O3/c1-3-4-7-11-22-21(27)20-16-14-25(12-10-17(16)23-24-20)19(26)13-15-8-5-6-9-18(15)28-2/h5-6,8-9H,3-4,7,10-14H2,1-2H3,(H,22,27)(H,23,24). The summed E-state index contributed by atoms with van der Waals surface area (Å²) in [5, 5.41) is 10.1. The lowest BCUT2D eigenvalue weighted by Crippen LogP contribution is -2.37. The maximum absolute atomic E-state index is 12.8. The number of hydrogen-bond donors (Lipinski definition) is 2. The van der Waals surface area contributed by atoms with Crippen molar-refractivity contribution in [2.45, 2.75) is 45.6 Å². The molecule has 0 aliphatic carbocycles. The van der Waals surface area contributed by atoms with Crippen LogP contribution in [-0.4, -0.2) is 47.1 Å². The van der Waals surface area contributed by atoms with Gasteiger partial charge in [-0.1, -0.05) is 38.0 Å². The zero-order valence-corrected chi connectivity index (χ0v) is 16.6. The summed E-state index contributed by atoms with van der Waals surface area (Å²) in [6.45, 7) is 3.78. The molecule has 2 heterocycles. The number of unbranched alkanes of at least 4 members (excludes halogenated alkanes) is 2. The highest BCUT2D eigenvalue weighted by Crippen LogP contribution is 2.23. The van der Waals surface area contributed by atoms with Crippen molar-refractivity contribution in [3.8, 4) is 5.75 Å². The maximum atomic E-state index is 12.8. The quantitative estimate of drug-likeness (QED) is 0.685. The Hall–Kier alpha value is -2.83. The predicted molar refractivity (Wildman–Crippen MR) is 106 cm³/mol. The fourth-order valence-electron chi connectivity index (χ4n) is 3.48. The molecule has 150 valence electrons. The Labute approximate surface area is 165 Å². The van der Waals surface area contributed by atoms with Crippen molar-refractivity contribution in [3.63, 3.8) is 0 Å². The van der Waals surface area contributed by atoms with Crippen LogP contribution in [0.15, 0.2) is 24.3 Å². The highest BCUT2D eigenvalue weighted by molar-refractivity contribution is 5.94. The highest BCUT2D eigenvalue weighted by atomic mass is 16.5. The van der Waals surface area contributed by atoms with Crippen molar-refractivity contribution in [1.82, 2.24) is 20.4 Å². The number of nitrogens with zero attached hydrogens (tertiary/aromatic N) is 2. The van der Waals surface area contributed by atoms with Crippen molar-refractivity contribution < 1.29 is 14.3 Å². The number of fused-ring (bicyclic) bond motifs is 1. The van der Waals surface area contributed by atoms with E-state index in [1.807, 2.05) is 24.3 Å². The zero-order chi connectivity index (χ0) is 19.9. The number of carbonyl (C=O) groups excluding carboxylic acids is 2. The van der Waals surface area contributed by atoms with Gasteiger partial charge in [0, 0.05) is 42.9 Å². The van der Waals surface area contributed by atoms with E-state index < -0.39 is 0 Å². The first-order chi connectivity index (χ1) is 13.6. The Bertz CT molecular complexity index is 831. The molecule has 7 nitrogen and oxygen atoms in total. The van der Waals surface area contributed by atoms with Crippen LogP contribution in [0, 0.1) is 0 Å². The number of amides is 2. The van der Waals surface area contributed by atoms with E-state index >= 15 is 0 Å². The van der Waals surface area contributed by atoms with Crippen LogP contribution in [0.4, 0.5) is 0 Å². The van der Waals surface area contributed by atoms with E-state index in [9.17, 15) is 9.59 Å². The minimum Gasteiger partial charge on any atom is -0.496 e. The van der Waals surface area contributed by atoms with Crippen molar-refractivity contribution in [2.24, 2.45) is 0 Å². The molecule has 1 aliphatic heterocycles. The van der Waals surface area contributed by atoms with Gasteiger partial charge in [-0.05, 0) is 12.5 Å². The number of H-pyrrole nitrogens is 1. The van der Waals surface area contributed by atoms with E-state index in [1.165, 1.54) is 0 Å². The molecule has 0 unspecified atom stereocenters. The summed E-state index contributed by atoms with van der Waals surface area (Å²) < 4.78 is 5.34. The summed E-state index contributed by atoms with van der Waals surface area (Å²) in [5.74, 6) is 0.558. The molecule has 7 heteroatoms. The van der Waals surface area contributed by atoms with Crippen LogP contribution in [0.3, 0.4) is 0 Å². The normalized spacial score (nSPS) is 13.1. The molecular weight excluding hydrogens is 356 g/mol. The van der Waals surface area contributed by atoms with Gasteiger partial charge in [-0.2, -0.15) is 5.10 Å². The summed E-state index contributed by atoms with van der Waals surface area (Å²) in [6.07, 6.45) is 4.10. The first-order valence-electron chi connectivity index (χ1n) is 9.88. The first kappa shape index (κ1) is 19.9. The van der Waals surface area contributed by atoms with Crippen LogP contribution in [-0.2, 0) is 24.2 Å². The van der Waals surface area contributed by atoms with Gasteiger partial charge in [0.15, 0.2) is 5.69 Å². The van der Waals surface area contributed by atoms with E-state index in [1.54, 1.807) is 12.0 Å². The molecule has 2 amide bonds. The van der Waals surface area contributed by atoms with Crippen LogP contribution in [0.2, 0.25) is 0 Å². The lowest BCUT2D eigenvalue weighted by Gasteiger charge is -2.27. The molecule has 1 aromatic carbocycles. The number of rotatable bonds is 8. The maximum Gasteiger partial charge on any atom is 0.272 e. The lowest BCUT2D eigenvalue weighted by molar-refractivity contribution is -0.131. The number of methoxy groups -OCH3 is 1. The number of carbonyl (C=O) groups is 2. The minimum atomic E-state index is -0.173. The molecule has 0 fully saturated rings. The zero-order valence-electron chi connectivity index (χ0n) is 16.6. The number of benzene rings is 1. The fourth-order valence-corrected chi connectivity index (χ4v) is 3.48. The summed E-state index contributed by atoms with van der Waals surface area (Å²) in [5.41, 5.74) is 3.04. The van der Waals surface area contributed by atoms with Gasteiger partial charge in [-0.3, -0.25) is 14.7 Å². The molecule has 28 heavy (non-hydrogen) atoms. The van der Waals surface area contributed by atoms with Gasteiger partial charge in [0.2, 0.25) is 5.91 Å². The third-order valence-corrected chi connectivity index (χ3v) is 5.10. The second kappa shape index (κ2) is 9.39. The molecular formula is C21H28N4O3. The Morgan fingerprint density at radius 3 is 2.89 bits per heavy atom. The summed E-state index contributed by atoms with van der Waals surface area (Å²) in [7, 11) is 1.60. The average molecular weight is 384 g/mol. The Morgan fingerprint density at radius 2 is 2.11 bits per heavy atom. The van der Waals surface area contributed by atoms with Gasteiger partial charge in [0.05, 0.1) is 13.5 Å². The molecule has 1 aromatic heterocycles. The third-order valence-electron chi connectivity index (χ3n) is 5.10. The topological polar surface area (TPSA) is 87.3 Å². The van der Waals surface area contributed by atoms with Gasteiger partial charge >= 0.3 is 0 Å². The van der Waals surface area contributed by atoms with Crippen molar-refractivity contribution >= 4 is 11.8 Å². The minimum absolute atomic E-state index is 0.0191. The van der Waals surface area contributed by atoms with Gasteiger partial charge in [-0.25, -0.2) is 0 Å². The van der Waals surface area contributed by atoms with Gasteiger partial charge in [0.1, 0.15) is 5.75 Å². The monoisotopic (exact) mass is 384 g/mol. The third kappa shape index (κ3) is 4.52. The van der Waals surface area contributed by atoms with Gasteiger partial charge < -0.3 is 15.0 Å². The highest BCUT2D eigenvalue weighted by Gasteiger charge is 2.28. The van der Waals surface area contributed by atoms with E-state index in [4.69, 9.17) is 4.74 Å². The van der Waals surface area contributed by atoms with Crippen LogP contribution in [0.25, 0.3) is 0 Å². The molecule has 3 rings (SSSR count). The molecule has 0 saturated carbocycles. The molecule has 0 atom stereocenters. The largest absolute Gasteiger partial charge is 0.496 e. The summed E-state index contributed by atoms with van der Waals surface area (Å²) in [4.78, 5) is 27.1. The van der Waals surface area contributed by atoms with Crippen LogP contribution in [0.1, 0.15) is 53.5 Å². The number of aromatic amines is 1. The molecule has 0 radical (unpaired) electrons. The average Bonchev–Trinajstić information content (AvgIpc) is 3.14. The van der Waals surface area contributed by atoms with Crippen molar-refractivity contribution in [2.75, 3.05) is 20.2 Å². The molecule has 1 aliphatic rings. The number of para-hydroxylation sites is 1. The summed E-state index contributed by atoms with van der Waals surface area (Å²) >= 11 is 0. The molecule has 0 spiro atoms. The number of ether oxygens (including phenoxy) is 1. The van der Waals surface area contributed by atoms with Crippen molar-refractivity contribution in [3.05, 3.63) is 46.8 Å². The molecule has 2 aromatic rings. The molecule has 2 N–H and O–H groups in total. The SMILES string of the molecule is CCCCCNC(=O)c1n[nH]c2c1CN(C(=O)Cc1ccccc1OC)CC2. The Morgan fingerprint density at radius 1 is 1.29 bits per heavy atom. The van der Waals surface area contributed by atoms with Gasteiger partial charge in [0.25, 0.3) is 5.91 Å². The van der Waals surface area contributed by atoms with Crippen LogP contribution in [0.5, 0.6) is 5.75 Å². The van der Waals surface area contributed by atoms with E-state index in [0.29, 0.717) is 37.5 Å². The number of aromatic nitrogens is 2. The van der Waals surface area contributed by atoms with E-state index in [0.717, 1.165) is 36.1 Å². The molecule has 0 saturated heterocycles. The fraction of sp³-hybridized carbons (Fsp3) is 0.476. The van der Waals surface area contributed by atoms with Crippen molar-refractivity contribution in [1.29, 1.82) is 0 Å². The Kier molecular flexibility index (Phi) is 6.68. The van der Waals surface area contributed by atoms with Crippen LogP contribution < -0.4 is 10.1 Å². The number of hydrogen-bond acceptors (Lipinski definition) is 4. The second-order valence-corrected chi connectivity index (χ2v) is 7.05. The second-order valence-electron chi connectivity index (χ2n) is 7.05. The van der Waals surface area contributed by atoms with Crippen LogP contribution >= 0.6 is 0 Å². The first-order valence-corrected chi connectivity index (χ1v) is 9.88. The Balaban J connectivity index is 1.65. The number of nitrogens with one attached hydrogen (secondary N) is 2. The summed E-state index contributed by atoms with van der Waals surface area (Å²) in [6, 6.07) is 7.54.